The van der Waals surface area contributed by atoms with E-state index in [-0.39, 0.29) is 6.04 Å². The van der Waals surface area contributed by atoms with E-state index in [0.29, 0.717) is 11.4 Å². The third kappa shape index (κ3) is 2.64. The van der Waals surface area contributed by atoms with Crippen LogP contribution in [0, 0.1) is 6.92 Å². The van der Waals surface area contributed by atoms with E-state index in [1.165, 1.54) is 0 Å². The molecule has 0 bridgehead atoms. The summed E-state index contributed by atoms with van der Waals surface area (Å²) < 4.78 is 28.8. The molecule has 1 saturated heterocycles. The molecule has 4 nitrogen and oxygen atoms in total. The predicted molar refractivity (Wildman–Crippen MR) is 96.7 cm³/mol. The van der Waals surface area contributed by atoms with Crippen LogP contribution in [0.25, 0.3) is 10.2 Å². The molecule has 0 spiro atoms. The molecule has 0 aliphatic carbocycles. The van der Waals surface area contributed by atoms with E-state index < -0.39 is 10.0 Å². The van der Waals surface area contributed by atoms with Gasteiger partial charge in [0.15, 0.2) is 0 Å². The number of rotatable bonds is 3. The van der Waals surface area contributed by atoms with Crippen LogP contribution in [0.3, 0.4) is 0 Å². The molecule has 3 aromatic rings. The first-order valence-electron chi connectivity index (χ1n) is 8.00. The van der Waals surface area contributed by atoms with Gasteiger partial charge in [-0.2, -0.15) is 4.31 Å². The molecule has 2 heterocycles. The Kier molecular flexibility index (Phi) is 3.90. The highest BCUT2D eigenvalue weighted by Gasteiger charge is 2.37. The number of hydrogen-bond donors (Lipinski definition) is 0. The molecule has 2 aromatic carbocycles. The molecular weight excluding hydrogens is 340 g/mol. The smallest absolute Gasteiger partial charge is 0.239 e. The molecule has 1 aliphatic heterocycles. The van der Waals surface area contributed by atoms with Gasteiger partial charge in [-0.25, -0.2) is 13.4 Å². The minimum absolute atomic E-state index is 0.159. The van der Waals surface area contributed by atoms with Crippen LogP contribution in [-0.4, -0.2) is 24.3 Å². The number of thiazole rings is 1. The monoisotopic (exact) mass is 358 g/mol. The zero-order valence-corrected chi connectivity index (χ0v) is 15.0. The Morgan fingerprint density at radius 2 is 1.88 bits per heavy atom. The van der Waals surface area contributed by atoms with Gasteiger partial charge in [-0.3, -0.25) is 0 Å². The van der Waals surface area contributed by atoms with Crippen molar-refractivity contribution in [2.75, 3.05) is 6.54 Å². The number of nitrogens with zero attached hydrogens (tertiary/aromatic N) is 2. The summed E-state index contributed by atoms with van der Waals surface area (Å²) in [4.78, 5) is 5.04. The summed E-state index contributed by atoms with van der Waals surface area (Å²) in [6.45, 7) is 2.51. The molecular formula is C18H18N2O2S2. The number of sulfonamides is 1. The fourth-order valence-corrected chi connectivity index (χ4v) is 6.00. The zero-order valence-electron chi connectivity index (χ0n) is 13.3. The highest BCUT2D eigenvalue weighted by atomic mass is 32.2. The summed E-state index contributed by atoms with van der Waals surface area (Å²) in [5.74, 6) is 0. The molecule has 0 N–H and O–H groups in total. The van der Waals surface area contributed by atoms with Crippen molar-refractivity contribution in [2.45, 2.75) is 30.7 Å². The molecule has 24 heavy (non-hydrogen) atoms. The van der Waals surface area contributed by atoms with Gasteiger partial charge in [0.25, 0.3) is 0 Å². The van der Waals surface area contributed by atoms with Crippen LogP contribution < -0.4 is 0 Å². The highest BCUT2D eigenvalue weighted by molar-refractivity contribution is 7.89. The van der Waals surface area contributed by atoms with Crippen LogP contribution in [0.15, 0.2) is 53.4 Å². The first-order chi connectivity index (χ1) is 11.6. The number of benzene rings is 2. The van der Waals surface area contributed by atoms with Gasteiger partial charge in [0.05, 0.1) is 21.2 Å². The van der Waals surface area contributed by atoms with Gasteiger partial charge in [-0.05, 0) is 44.0 Å². The first-order valence-corrected chi connectivity index (χ1v) is 10.3. The van der Waals surface area contributed by atoms with Gasteiger partial charge < -0.3 is 0 Å². The van der Waals surface area contributed by atoms with E-state index in [1.54, 1.807) is 27.8 Å². The van der Waals surface area contributed by atoms with Crippen LogP contribution in [0.4, 0.5) is 0 Å². The molecule has 1 fully saturated rings. The minimum Gasteiger partial charge on any atom is -0.239 e. The van der Waals surface area contributed by atoms with E-state index in [2.05, 4.69) is 4.98 Å². The summed E-state index contributed by atoms with van der Waals surface area (Å²) in [5, 5.41) is 0.893. The number of para-hydroxylation sites is 1. The van der Waals surface area contributed by atoms with E-state index >= 15 is 0 Å². The van der Waals surface area contributed by atoms with Crippen LogP contribution in [0.5, 0.6) is 0 Å². The predicted octanol–water partition coefficient (Wildman–Crippen LogP) is 4.13. The second-order valence-corrected chi connectivity index (χ2v) is 9.06. The molecule has 0 amide bonds. The van der Waals surface area contributed by atoms with E-state index in [4.69, 9.17) is 0 Å². The normalized spacial score (nSPS) is 19.1. The molecule has 0 unspecified atom stereocenters. The largest absolute Gasteiger partial charge is 0.243 e. The molecule has 1 aliphatic rings. The fourth-order valence-electron chi connectivity index (χ4n) is 3.15. The van der Waals surface area contributed by atoms with E-state index in [9.17, 15) is 8.42 Å². The van der Waals surface area contributed by atoms with Crippen molar-refractivity contribution in [1.29, 1.82) is 0 Å². The fraction of sp³-hybridized carbons (Fsp3) is 0.278. The minimum atomic E-state index is -3.49. The second-order valence-electron chi connectivity index (χ2n) is 6.11. The van der Waals surface area contributed by atoms with Crippen molar-refractivity contribution >= 4 is 31.6 Å². The third-order valence-corrected chi connectivity index (χ3v) is 7.49. The molecule has 1 atom stereocenters. The summed E-state index contributed by atoms with van der Waals surface area (Å²) in [5.41, 5.74) is 2.00. The van der Waals surface area contributed by atoms with Crippen molar-refractivity contribution in [3.05, 3.63) is 59.1 Å². The van der Waals surface area contributed by atoms with E-state index in [1.807, 2.05) is 43.3 Å². The van der Waals surface area contributed by atoms with Crippen molar-refractivity contribution in [2.24, 2.45) is 0 Å². The summed E-state index contributed by atoms with van der Waals surface area (Å²) in [6.07, 6.45) is 1.69. The van der Waals surface area contributed by atoms with Gasteiger partial charge in [-0.1, -0.05) is 29.8 Å². The topological polar surface area (TPSA) is 50.3 Å². The van der Waals surface area contributed by atoms with Gasteiger partial charge in [0.2, 0.25) is 10.0 Å². The Labute approximate surface area is 145 Å². The Hall–Kier alpha value is -1.76. The molecule has 6 heteroatoms. The Balaban J connectivity index is 1.73. The number of hydrogen-bond acceptors (Lipinski definition) is 4. The summed E-state index contributed by atoms with van der Waals surface area (Å²) in [6, 6.07) is 14.9. The standard InChI is InChI=1S/C18H18N2O2S2/c1-13-8-10-14(11-9-13)24(21,22)20-12-4-6-16(20)18-19-15-5-2-3-7-17(15)23-18/h2-3,5,7-11,16H,4,6,12H2,1H3/t16-/m0/s1. The zero-order chi connectivity index (χ0) is 16.7. The second kappa shape index (κ2) is 5.95. The lowest BCUT2D eigenvalue weighted by molar-refractivity contribution is 0.396. The maximum Gasteiger partial charge on any atom is 0.243 e. The molecule has 0 radical (unpaired) electrons. The molecule has 0 saturated carbocycles. The number of aryl methyl sites for hydroxylation is 1. The van der Waals surface area contributed by atoms with Crippen molar-refractivity contribution < 1.29 is 8.42 Å². The summed E-state index contributed by atoms with van der Waals surface area (Å²) in [7, 11) is -3.49. The highest BCUT2D eigenvalue weighted by Crippen LogP contribution is 2.39. The number of fused-ring (bicyclic) bond motifs is 1. The van der Waals surface area contributed by atoms with Crippen LogP contribution >= 0.6 is 11.3 Å². The van der Waals surface area contributed by atoms with Crippen LogP contribution in [0.2, 0.25) is 0 Å². The maximum absolute atomic E-state index is 13.0. The molecule has 4 rings (SSSR count). The summed E-state index contributed by atoms with van der Waals surface area (Å²) >= 11 is 1.59. The van der Waals surface area contributed by atoms with Gasteiger partial charge in [0, 0.05) is 6.54 Å². The lowest BCUT2D eigenvalue weighted by Crippen LogP contribution is -2.30. The van der Waals surface area contributed by atoms with Crippen molar-refractivity contribution in [3.8, 4) is 0 Å². The average Bonchev–Trinajstić information content (AvgIpc) is 3.22. The van der Waals surface area contributed by atoms with Gasteiger partial charge >= 0.3 is 0 Å². The third-order valence-electron chi connectivity index (χ3n) is 4.43. The molecule has 1 aromatic heterocycles. The Bertz CT molecular complexity index is 945. The van der Waals surface area contributed by atoms with Gasteiger partial charge in [0.1, 0.15) is 5.01 Å². The molecule has 124 valence electrons. The van der Waals surface area contributed by atoms with Crippen LogP contribution in [0.1, 0.15) is 29.5 Å². The first kappa shape index (κ1) is 15.7. The lowest BCUT2D eigenvalue weighted by atomic mass is 10.2. The maximum atomic E-state index is 13.0. The Morgan fingerprint density at radius 3 is 2.62 bits per heavy atom. The van der Waals surface area contributed by atoms with Gasteiger partial charge in [-0.15, -0.1) is 11.3 Å². The van der Waals surface area contributed by atoms with E-state index in [0.717, 1.165) is 33.6 Å². The average molecular weight is 358 g/mol. The lowest BCUT2D eigenvalue weighted by Gasteiger charge is -2.22. The Morgan fingerprint density at radius 1 is 1.12 bits per heavy atom. The van der Waals surface area contributed by atoms with Crippen molar-refractivity contribution in [1.82, 2.24) is 9.29 Å². The van der Waals surface area contributed by atoms with Crippen LogP contribution in [-0.2, 0) is 10.0 Å². The SMILES string of the molecule is Cc1ccc(S(=O)(=O)N2CCC[C@H]2c2nc3ccccc3s2)cc1. The van der Waals surface area contributed by atoms with Crippen molar-refractivity contribution in [3.63, 3.8) is 0 Å². The quantitative estimate of drug-likeness (QED) is 0.707. The number of aromatic nitrogens is 1.